The Morgan fingerprint density at radius 3 is 2.15 bits per heavy atom. The maximum Gasteiger partial charge on any atom is 0.490 e. The van der Waals surface area contributed by atoms with Crippen LogP contribution in [0.15, 0.2) is 91.0 Å². The Morgan fingerprint density at radius 2 is 1.54 bits per heavy atom. The Balaban J connectivity index is 0.000000730. The van der Waals surface area contributed by atoms with Crippen LogP contribution in [0.5, 0.6) is 0 Å². The highest BCUT2D eigenvalue weighted by Crippen LogP contribution is 2.39. The fraction of sp³-hybridized carbons (Fsp3) is 0.184. The van der Waals surface area contributed by atoms with Crippen molar-refractivity contribution in [3.05, 3.63) is 119 Å². The minimum atomic E-state index is -5.08. The number of halogens is 5. The van der Waals surface area contributed by atoms with Crippen molar-refractivity contribution < 1.29 is 41.4 Å². The molecule has 2 heterocycles. The molecule has 0 aliphatic carbocycles. The smallest absolute Gasteiger partial charge is 0.475 e. The number of benzene rings is 4. The maximum absolute atomic E-state index is 15.0. The van der Waals surface area contributed by atoms with Crippen molar-refractivity contribution in [1.82, 2.24) is 20.2 Å². The Kier molecular flexibility index (Phi) is 11.9. The molecule has 16 heteroatoms. The SMILES string of the molecule is Cc1ccc(C(=O)Nc2ccc(-c3ccccc3)cc2)cc1-c1nc(NCCN(C)C)nc2c1CNC(=O)N2c1c(F)cccc1F.O=C(O)C(F)(F)F. The molecule has 0 fully saturated rings. The van der Waals surface area contributed by atoms with Gasteiger partial charge in [-0.25, -0.2) is 28.3 Å². The normalized spacial score (nSPS) is 12.3. The lowest BCUT2D eigenvalue weighted by Crippen LogP contribution is -2.43. The number of urea groups is 1. The number of aryl methyl sites for hydroxylation is 1. The van der Waals surface area contributed by atoms with Gasteiger partial charge < -0.3 is 26.0 Å². The van der Waals surface area contributed by atoms with Crippen molar-refractivity contribution in [3.8, 4) is 22.4 Å². The van der Waals surface area contributed by atoms with Crippen LogP contribution < -0.4 is 20.9 Å². The van der Waals surface area contributed by atoms with Gasteiger partial charge in [-0.2, -0.15) is 18.2 Å². The van der Waals surface area contributed by atoms with E-state index in [1.807, 2.05) is 86.6 Å². The molecule has 1 aliphatic rings. The Labute approximate surface area is 306 Å². The van der Waals surface area contributed by atoms with Crippen LogP contribution in [0.25, 0.3) is 22.4 Å². The van der Waals surface area contributed by atoms with Crippen molar-refractivity contribution in [2.45, 2.75) is 19.6 Å². The number of alkyl halides is 3. The average Bonchev–Trinajstić information content (AvgIpc) is 3.12. The molecule has 1 aliphatic heterocycles. The summed E-state index contributed by atoms with van der Waals surface area (Å²) in [6, 6.07) is 25.5. The summed E-state index contributed by atoms with van der Waals surface area (Å²) >= 11 is 0. The Hall–Kier alpha value is -6.42. The highest BCUT2D eigenvalue weighted by atomic mass is 19.4. The number of nitrogens with zero attached hydrogens (tertiary/aromatic N) is 4. The number of rotatable bonds is 9. The zero-order chi connectivity index (χ0) is 39.2. The molecule has 3 amide bonds. The van der Waals surface area contributed by atoms with E-state index >= 15 is 8.78 Å². The second-order valence-electron chi connectivity index (χ2n) is 12.2. The first-order chi connectivity index (χ1) is 25.6. The fourth-order valence-electron chi connectivity index (χ4n) is 5.36. The number of carbonyl (C=O) groups excluding carboxylic acids is 2. The number of fused-ring (bicyclic) bond motifs is 1. The molecule has 54 heavy (non-hydrogen) atoms. The van der Waals surface area contributed by atoms with Gasteiger partial charge in [0.1, 0.15) is 17.3 Å². The molecule has 5 aromatic rings. The first kappa shape index (κ1) is 38.8. The van der Waals surface area contributed by atoms with Crippen LogP contribution in [0.4, 0.5) is 49.9 Å². The third kappa shape index (κ3) is 9.14. The zero-order valence-electron chi connectivity index (χ0n) is 29.1. The van der Waals surface area contributed by atoms with E-state index in [-0.39, 0.29) is 24.2 Å². The van der Waals surface area contributed by atoms with Gasteiger partial charge in [0, 0.05) is 35.5 Å². The van der Waals surface area contributed by atoms with Crippen molar-refractivity contribution in [2.24, 2.45) is 0 Å². The van der Waals surface area contributed by atoms with E-state index in [4.69, 9.17) is 14.9 Å². The standard InChI is InChI=1S/C36H33F2N7O2.C2HF3O2/c1-22-12-13-25(34(46)41-26-16-14-24(15-17-26)23-8-5-4-6-9-23)20-27(22)31-28-21-40-36(47)45(32-29(37)10-7-11-30(32)38)33(28)43-35(42-31)39-18-19-44(2)3;3-2(4,5)1(6)7/h4-17,20H,18-19,21H2,1-3H3,(H,40,47)(H,41,46)(H,39,42,43);(H,6,7). The van der Waals surface area contributed by atoms with Gasteiger partial charge in [-0.05, 0) is 74.1 Å². The number of carboxylic acids is 1. The molecule has 0 spiro atoms. The second kappa shape index (κ2) is 16.5. The van der Waals surface area contributed by atoms with Crippen molar-refractivity contribution in [1.29, 1.82) is 0 Å². The van der Waals surface area contributed by atoms with Crippen LogP contribution in [0.2, 0.25) is 0 Å². The summed E-state index contributed by atoms with van der Waals surface area (Å²) in [5.74, 6) is -4.70. The van der Waals surface area contributed by atoms with Crippen LogP contribution in [-0.4, -0.2) is 71.2 Å². The Bertz CT molecular complexity index is 2140. The average molecular weight is 748 g/mol. The third-order valence-corrected chi connectivity index (χ3v) is 8.07. The van der Waals surface area contributed by atoms with Gasteiger partial charge >= 0.3 is 18.2 Å². The van der Waals surface area contributed by atoms with Gasteiger partial charge in [-0.15, -0.1) is 0 Å². The van der Waals surface area contributed by atoms with E-state index in [0.29, 0.717) is 41.2 Å². The molecule has 4 aromatic carbocycles. The minimum Gasteiger partial charge on any atom is -0.475 e. The van der Waals surface area contributed by atoms with Crippen LogP contribution in [0.1, 0.15) is 21.5 Å². The summed E-state index contributed by atoms with van der Waals surface area (Å²) in [7, 11) is 3.84. The number of carboxylic acid groups (broad SMARTS) is 1. The largest absolute Gasteiger partial charge is 0.490 e. The van der Waals surface area contributed by atoms with Gasteiger partial charge in [0.15, 0.2) is 5.82 Å². The molecular formula is C38H34F5N7O4. The lowest BCUT2D eigenvalue weighted by atomic mass is 9.97. The number of hydrogen-bond acceptors (Lipinski definition) is 7. The molecule has 11 nitrogen and oxygen atoms in total. The monoisotopic (exact) mass is 747 g/mol. The maximum atomic E-state index is 15.0. The van der Waals surface area contributed by atoms with E-state index in [2.05, 4.69) is 20.9 Å². The summed E-state index contributed by atoms with van der Waals surface area (Å²) in [6.45, 7) is 3.01. The highest BCUT2D eigenvalue weighted by molar-refractivity contribution is 6.06. The molecule has 0 radical (unpaired) electrons. The fourth-order valence-corrected chi connectivity index (χ4v) is 5.36. The third-order valence-electron chi connectivity index (χ3n) is 8.07. The molecule has 0 atom stereocenters. The number of anilines is 4. The van der Waals surface area contributed by atoms with E-state index in [9.17, 15) is 22.8 Å². The summed E-state index contributed by atoms with van der Waals surface area (Å²) in [4.78, 5) is 47.8. The minimum absolute atomic E-state index is 0.0116. The molecular weight excluding hydrogens is 713 g/mol. The first-order valence-electron chi connectivity index (χ1n) is 16.3. The predicted molar refractivity (Wildman–Crippen MR) is 194 cm³/mol. The zero-order valence-corrected chi connectivity index (χ0v) is 29.1. The summed E-state index contributed by atoms with van der Waals surface area (Å²) in [5.41, 5.74) is 4.85. The number of nitrogens with one attached hydrogen (secondary N) is 3. The van der Waals surface area contributed by atoms with Crippen molar-refractivity contribution in [3.63, 3.8) is 0 Å². The lowest BCUT2D eigenvalue weighted by Gasteiger charge is -2.31. The van der Waals surface area contributed by atoms with Gasteiger partial charge in [-0.1, -0.05) is 54.6 Å². The summed E-state index contributed by atoms with van der Waals surface area (Å²) < 4.78 is 61.8. The van der Waals surface area contributed by atoms with E-state index in [1.54, 1.807) is 12.1 Å². The molecule has 0 saturated carbocycles. The Morgan fingerprint density at radius 1 is 0.907 bits per heavy atom. The predicted octanol–water partition coefficient (Wildman–Crippen LogP) is 7.62. The number of aromatic nitrogens is 2. The topological polar surface area (TPSA) is 140 Å². The first-order valence-corrected chi connectivity index (χ1v) is 16.3. The van der Waals surface area contributed by atoms with Crippen LogP contribution in [0.3, 0.4) is 0 Å². The van der Waals surface area contributed by atoms with Gasteiger partial charge in [0.05, 0.1) is 12.2 Å². The van der Waals surface area contributed by atoms with Gasteiger partial charge in [-0.3, -0.25) is 4.79 Å². The number of para-hydroxylation sites is 1. The molecule has 4 N–H and O–H groups in total. The van der Waals surface area contributed by atoms with Gasteiger partial charge in [0.25, 0.3) is 5.91 Å². The summed E-state index contributed by atoms with van der Waals surface area (Å²) in [6.07, 6.45) is -5.08. The van der Waals surface area contributed by atoms with E-state index in [0.717, 1.165) is 33.7 Å². The molecule has 1 aromatic heterocycles. The van der Waals surface area contributed by atoms with E-state index < -0.39 is 35.5 Å². The molecule has 0 saturated heterocycles. The highest BCUT2D eigenvalue weighted by Gasteiger charge is 2.38. The van der Waals surface area contributed by atoms with Crippen LogP contribution >= 0.6 is 0 Å². The number of likely N-dealkylation sites (N-methyl/N-ethyl adjacent to an activating group) is 1. The second-order valence-corrected chi connectivity index (χ2v) is 12.2. The lowest BCUT2D eigenvalue weighted by molar-refractivity contribution is -0.192. The van der Waals surface area contributed by atoms with Crippen molar-refractivity contribution in [2.75, 3.05) is 42.7 Å². The van der Waals surface area contributed by atoms with Crippen molar-refractivity contribution >= 4 is 41.0 Å². The van der Waals surface area contributed by atoms with E-state index in [1.165, 1.54) is 6.07 Å². The molecule has 280 valence electrons. The number of carbonyl (C=O) groups is 3. The number of hydrogen-bond donors (Lipinski definition) is 4. The van der Waals surface area contributed by atoms with Crippen LogP contribution in [-0.2, 0) is 11.3 Å². The summed E-state index contributed by atoms with van der Waals surface area (Å²) in [5, 5.41) is 16.0. The molecule has 0 bridgehead atoms. The quantitative estimate of drug-likeness (QED) is 0.113. The van der Waals surface area contributed by atoms with Crippen LogP contribution in [0, 0.1) is 18.6 Å². The molecule has 6 rings (SSSR count). The number of aliphatic carboxylic acids is 1. The van der Waals surface area contributed by atoms with Gasteiger partial charge in [0.2, 0.25) is 5.95 Å². The molecule has 0 unspecified atom stereocenters. The number of amides is 3.